The molecule has 0 saturated heterocycles. The van der Waals surface area contributed by atoms with Crippen molar-refractivity contribution in [1.29, 1.82) is 0 Å². The van der Waals surface area contributed by atoms with Gasteiger partial charge in [-0.15, -0.1) is 0 Å². The fourth-order valence-corrected chi connectivity index (χ4v) is 2.83. The van der Waals surface area contributed by atoms with Crippen molar-refractivity contribution in [2.45, 2.75) is 44.9 Å². The van der Waals surface area contributed by atoms with Crippen LogP contribution in [0.4, 0.5) is 0 Å². The van der Waals surface area contributed by atoms with Crippen molar-refractivity contribution in [2.75, 3.05) is 12.8 Å². The summed E-state index contributed by atoms with van der Waals surface area (Å²) in [4.78, 5) is 0. The van der Waals surface area contributed by atoms with Crippen molar-refractivity contribution in [2.24, 2.45) is 0 Å². The molecular formula is C15H25NS. The number of aryl methyl sites for hydroxylation is 1. The molecule has 17 heavy (non-hydrogen) atoms. The zero-order valence-corrected chi connectivity index (χ0v) is 12.3. The van der Waals surface area contributed by atoms with Crippen molar-refractivity contribution >= 4 is 11.8 Å². The first-order valence-electron chi connectivity index (χ1n) is 6.50. The standard InChI is InChI=1S/C15H25NS/c1-5-13(3)17-11-15(16-4)10-14-9-7-6-8-12(14)2/h6-9,13,15-16H,5,10-11H2,1-4H3. The molecule has 0 amide bonds. The Bertz CT molecular complexity index is 324. The lowest BCUT2D eigenvalue weighted by molar-refractivity contribution is 0.614. The van der Waals surface area contributed by atoms with E-state index < -0.39 is 0 Å². The zero-order chi connectivity index (χ0) is 12.7. The van der Waals surface area contributed by atoms with E-state index >= 15 is 0 Å². The van der Waals surface area contributed by atoms with Crippen molar-refractivity contribution in [3.63, 3.8) is 0 Å². The minimum atomic E-state index is 0.579. The summed E-state index contributed by atoms with van der Waals surface area (Å²) in [5, 5.41) is 4.20. The van der Waals surface area contributed by atoms with E-state index in [-0.39, 0.29) is 0 Å². The molecule has 1 aromatic rings. The second-order valence-electron chi connectivity index (χ2n) is 4.67. The molecule has 2 unspecified atom stereocenters. The molecule has 0 aromatic heterocycles. The van der Waals surface area contributed by atoms with E-state index in [9.17, 15) is 0 Å². The number of benzene rings is 1. The summed E-state index contributed by atoms with van der Waals surface area (Å²) in [5.74, 6) is 1.19. The van der Waals surface area contributed by atoms with Gasteiger partial charge in [0.25, 0.3) is 0 Å². The first-order valence-corrected chi connectivity index (χ1v) is 7.55. The molecule has 2 heteroatoms. The maximum Gasteiger partial charge on any atom is 0.0195 e. The fourth-order valence-electron chi connectivity index (χ4n) is 1.75. The Morgan fingerprint density at radius 1 is 1.29 bits per heavy atom. The number of nitrogens with one attached hydrogen (secondary N) is 1. The second kappa shape index (κ2) is 7.78. The van der Waals surface area contributed by atoms with Crippen LogP contribution in [-0.4, -0.2) is 24.1 Å². The van der Waals surface area contributed by atoms with E-state index in [0.717, 1.165) is 11.7 Å². The molecule has 1 nitrogen and oxygen atoms in total. The molecule has 0 aliphatic heterocycles. The van der Waals surface area contributed by atoms with Crippen molar-refractivity contribution < 1.29 is 0 Å². The van der Waals surface area contributed by atoms with Gasteiger partial charge < -0.3 is 5.32 Å². The average Bonchev–Trinajstić information content (AvgIpc) is 2.36. The summed E-state index contributed by atoms with van der Waals surface area (Å²) >= 11 is 2.07. The Morgan fingerprint density at radius 2 is 2.00 bits per heavy atom. The number of hydrogen-bond acceptors (Lipinski definition) is 2. The molecule has 96 valence electrons. The highest BCUT2D eigenvalue weighted by atomic mass is 32.2. The van der Waals surface area contributed by atoms with Gasteiger partial charge in [-0.2, -0.15) is 11.8 Å². The molecule has 0 radical (unpaired) electrons. The second-order valence-corrected chi connectivity index (χ2v) is 6.14. The molecule has 1 N–H and O–H groups in total. The van der Waals surface area contributed by atoms with Gasteiger partial charge in [0.2, 0.25) is 0 Å². The monoisotopic (exact) mass is 251 g/mol. The van der Waals surface area contributed by atoms with Gasteiger partial charge >= 0.3 is 0 Å². The highest BCUT2D eigenvalue weighted by molar-refractivity contribution is 7.99. The number of likely N-dealkylation sites (N-methyl/N-ethyl adjacent to an activating group) is 1. The highest BCUT2D eigenvalue weighted by Crippen LogP contribution is 2.17. The van der Waals surface area contributed by atoms with E-state index in [2.05, 4.69) is 69.2 Å². The quantitative estimate of drug-likeness (QED) is 0.794. The van der Waals surface area contributed by atoms with Gasteiger partial charge in [-0.3, -0.25) is 0 Å². The molecule has 1 aromatic carbocycles. The fraction of sp³-hybridized carbons (Fsp3) is 0.600. The SMILES string of the molecule is CCC(C)SCC(Cc1ccccc1C)NC. The van der Waals surface area contributed by atoms with Crippen LogP contribution in [0.25, 0.3) is 0 Å². The first kappa shape index (κ1) is 14.6. The summed E-state index contributed by atoms with van der Waals surface area (Å²) in [6, 6.07) is 9.27. The molecule has 0 spiro atoms. The summed E-state index contributed by atoms with van der Waals surface area (Å²) in [7, 11) is 2.07. The normalized spacial score (nSPS) is 14.6. The van der Waals surface area contributed by atoms with Gasteiger partial charge in [0.05, 0.1) is 0 Å². The van der Waals surface area contributed by atoms with Crippen LogP contribution in [-0.2, 0) is 6.42 Å². The first-order chi connectivity index (χ1) is 8.17. The van der Waals surface area contributed by atoms with E-state index in [1.165, 1.54) is 23.3 Å². The summed E-state index contributed by atoms with van der Waals surface area (Å²) in [5.41, 5.74) is 2.87. The predicted octanol–water partition coefficient (Wildman–Crippen LogP) is 3.66. The van der Waals surface area contributed by atoms with Crippen LogP contribution in [0.5, 0.6) is 0 Å². The molecule has 0 fully saturated rings. The van der Waals surface area contributed by atoms with Crippen LogP contribution < -0.4 is 5.32 Å². The van der Waals surface area contributed by atoms with Crippen molar-refractivity contribution in [3.05, 3.63) is 35.4 Å². The maximum atomic E-state index is 3.44. The summed E-state index contributed by atoms with van der Waals surface area (Å²) < 4.78 is 0. The molecule has 2 atom stereocenters. The minimum absolute atomic E-state index is 0.579. The zero-order valence-electron chi connectivity index (χ0n) is 11.5. The molecule has 0 saturated carbocycles. The molecule has 0 aliphatic rings. The molecule has 0 aliphatic carbocycles. The largest absolute Gasteiger partial charge is 0.316 e. The maximum absolute atomic E-state index is 3.44. The Labute approximate surface area is 110 Å². The van der Waals surface area contributed by atoms with E-state index in [1.54, 1.807) is 0 Å². The van der Waals surface area contributed by atoms with E-state index in [1.807, 2.05) is 0 Å². The molecule has 0 heterocycles. The van der Waals surface area contributed by atoms with Gasteiger partial charge in [0.15, 0.2) is 0 Å². The van der Waals surface area contributed by atoms with Crippen LogP contribution in [0.1, 0.15) is 31.4 Å². The van der Waals surface area contributed by atoms with E-state index in [0.29, 0.717) is 6.04 Å². The third-order valence-electron chi connectivity index (χ3n) is 3.29. The molecule has 1 rings (SSSR count). The summed E-state index contributed by atoms with van der Waals surface area (Å²) in [6.07, 6.45) is 2.39. The lowest BCUT2D eigenvalue weighted by Crippen LogP contribution is -2.31. The Kier molecular flexibility index (Phi) is 6.68. The van der Waals surface area contributed by atoms with Gasteiger partial charge in [-0.05, 0) is 37.9 Å². The molecular weight excluding hydrogens is 226 g/mol. The van der Waals surface area contributed by atoms with Crippen LogP contribution in [0.2, 0.25) is 0 Å². The third-order valence-corrected chi connectivity index (χ3v) is 4.79. The van der Waals surface area contributed by atoms with Gasteiger partial charge in [-0.25, -0.2) is 0 Å². The Balaban J connectivity index is 2.49. The third kappa shape index (κ3) is 5.13. The number of thioether (sulfide) groups is 1. The van der Waals surface area contributed by atoms with Gasteiger partial charge in [-0.1, -0.05) is 38.1 Å². The van der Waals surface area contributed by atoms with E-state index in [4.69, 9.17) is 0 Å². The van der Waals surface area contributed by atoms with Crippen LogP contribution >= 0.6 is 11.8 Å². The van der Waals surface area contributed by atoms with Crippen LogP contribution in [0.3, 0.4) is 0 Å². The topological polar surface area (TPSA) is 12.0 Å². The molecule has 0 bridgehead atoms. The van der Waals surface area contributed by atoms with Gasteiger partial charge in [0.1, 0.15) is 0 Å². The highest BCUT2D eigenvalue weighted by Gasteiger charge is 2.10. The van der Waals surface area contributed by atoms with Crippen LogP contribution in [0, 0.1) is 6.92 Å². The predicted molar refractivity (Wildman–Crippen MR) is 79.9 cm³/mol. The lowest BCUT2D eigenvalue weighted by Gasteiger charge is -2.19. The van der Waals surface area contributed by atoms with Crippen molar-refractivity contribution in [3.8, 4) is 0 Å². The minimum Gasteiger partial charge on any atom is -0.316 e. The number of rotatable bonds is 7. The van der Waals surface area contributed by atoms with Gasteiger partial charge in [0, 0.05) is 17.0 Å². The average molecular weight is 251 g/mol. The Hall–Kier alpha value is -0.470. The number of hydrogen-bond donors (Lipinski definition) is 1. The van der Waals surface area contributed by atoms with Crippen LogP contribution in [0.15, 0.2) is 24.3 Å². The lowest BCUT2D eigenvalue weighted by atomic mass is 10.0. The Morgan fingerprint density at radius 3 is 2.59 bits per heavy atom. The van der Waals surface area contributed by atoms with Crippen molar-refractivity contribution in [1.82, 2.24) is 5.32 Å². The summed E-state index contributed by atoms with van der Waals surface area (Å²) in [6.45, 7) is 6.77. The smallest absolute Gasteiger partial charge is 0.0195 e.